The Morgan fingerprint density at radius 3 is 2.55 bits per heavy atom. The topological polar surface area (TPSA) is 98.0 Å². The number of carboxylic acids is 1. The van der Waals surface area contributed by atoms with Crippen molar-refractivity contribution in [3.63, 3.8) is 0 Å². The number of hydrogen-bond acceptors (Lipinski definition) is 5. The van der Waals surface area contributed by atoms with Crippen LogP contribution in [-0.4, -0.2) is 35.7 Å². The molecule has 29 heavy (non-hydrogen) atoms. The zero-order valence-corrected chi connectivity index (χ0v) is 16.3. The molecule has 0 bridgehead atoms. The van der Waals surface area contributed by atoms with E-state index in [1.807, 2.05) is 44.2 Å². The molecule has 0 saturated heterocycles. The molecule has 0 aliphatic heterocycles. The Balaban J connectivity index is 1.63. The van der Waals surface area contributed by atoms with Crippen LogP contribution in [0.3, 0.4) is 0 Å². The lowest BCUT2D eigenvalue weighted by Gasteiger charge is -2.14. The van der Waals surface area contributed by atoms with E-state index in [-0.39, 0.29) is 25.1 Å². The van der Waals surface area contributed by atoms with Gasteiger partial charge in [-0.3, -0.25) is 4.79 Å². The van der Waals surface area contributed by atoms with Crippen LogP contribution in [-0.2, 0) is 16.1 Å². The van der Waals surface area contributed by atoms with Crippen LogP contribution in [0.15, 0.2) is 59.0 Å². The molecule has 1 atom stereocenters. The first kappa shape index (κ1) is 20.4. The molecule has 7 nitrogen and oxygen atoms in total. The molecule has 0 aliphatic rings. The van der Waals surface area contributed by atoms with E-state index in [2.05, 4.69) is 5.32 Å². The van der Waals surface area contributed by atoms with Crippen molar-refractivity contribution in [3.05, 3.63) is 65.9 Å². The first-order valence-electron chi connectivity index (χ1n) is 9.28. The molecule has 0 unspecified atom stereocenters. The Morgan fingerprint density at radius 2 is 1.86 bits per heavy atom. The number of hydrogen-bond donors (Lipinski definition) is 2. The van der Waals surface area contributed by atoms with Crippen molar-refractivity contribution in [3.8, 4) is 5.75 Å². The van der Waals surface area contributed by atoms with Gasteiger partial charge in [-0.15, -0.1) is 0 Å². The second-order valence-corrected chi connectivity index (χ2v) is 6.84. The van der Waals surface area contributed by atoms with Crippen LogP contribution in [0.25, 0.3) is 11.0 Å². The monoisotopic (exact) mass is 397 g/mol. The second kappa shape index (κ2) is 9.25. The van der Waals surface area contributed by atoms with Gasteiger partial charge in [0.25, 0.3) is 5.91 Å². The molecule has 0 fully saturated rings. The molecule has 0 spiro atoms. The zero-order valence-electron chi connectivity index (χ0n) is 16.3. The lowest BCUT2D eigenvalue weighted by atomic mass is 10.2. The molecule has 7 heteroatoms. The number of nitrogens with one attached hydrogen (secondary N) is 1. The normalized spacial score (nSPS) is 12.1. The lowest BCUT2D eigenvalue weighted by molar-refractivity contribution is -0.141. The smallest absolute Gasteiger partial charge is 0.328 e. The van der Waals surface area contributed by atoms with Crippen LogP contribution in [0.2, 0.25) is 0 Å². The Bertz CT molecular complexity index is 979. The third-order valence-electron chi connectivity index (χ3n) is 4.08. The van der Waals surface area contributed by atoms with Gasteiger partial charge in [-0.1, -0.05) is 30.3 Å². The summed E-state index contributed by atoms with van der Waals surface area (Å²) in [7, 11) is 0. The summed E-state index contributed by atoms with van der Waals surface area (Å²) in [5.74, 6) is -1.12. The second-order valence-electron chi connectivity index (χ2n) is 6.84. The Morgan fingerprint density at radius 1 is 1.10 bits per heavy atom. The largest absolute Gasteiger partial charge is 0.491 e. The van der Waals surface area contributed by atoms with Crippen molar-refractivity contribution >= 4 is 22.8 Å². The van der Waals surface area contributed by atoms with Gasteiger partial charge in [-0.2, -0.15) is 0 Å². The molecule has 0 aliphatic carbocycles. The minimum absolute atomic E-state index is 0.0225. The average molecular weight is 397 g/mol. The number of benzene rings is 2. The highest BCUT2D eigenvalue weighted by atomic mass is 16.5. The number of carboxylic acid groups (broad SMARTS) is 1. The van der Waals surface area contributed by atoms with Crippen LogP contribution in [0.5, 0.6) is 5.75 Å². The van der Waals surface area contributed by atoms with Gasteiger partial charge in [0.1, 0.15) is 11.3 Å². The summed E-state index contributed by atoms with van der Waals surface area (Å²) < 4.78 is 16.6. The molecule has 1 heterocycles. The summed E-state index contributed by atoms with van der Waals surface area (Å²) >= 11 is 0. The highest BCUT2D eigenvalue weighted by Crippen LogP contribution is 2.25. The van der Waals surface area contributed by atoms with Gasteiger partial charge < -0.3 is 24.3 Å². The number of carbonyl (C=O) groups is 2. The average Bonchev–Trinajstić information content (AvgIpc) is 3.11. The molecule has 2 aromatic carbocycles. The molecule has 3 aromatic rings. The van der Waals surface area contributed by atoms with E-state index in [0.717, 1.165) is 5.56 Å². The van der Waals surface area contributed by atoms with Gasteiger partial charge in [-0.05, 0) is 43.7 Å². The molecule has 152 valence electrons. The van der Waals surface area contributed by atoms with E-state index in [1.165, 1.54) is 0 Å². The van der Waals surface area contributed by atoms with E-state index >= 15 is 0 Å². The van der Waals surface area contributed by atoms with Crippen molar-refractivity contribution in [1.82, 2.24) is 5.32 Å². The lowest BCUT2D eigenvalue weighted by Crippen LogP contribution is -2.43. The Labute approximate surface area is 168 Å². The maximum absolute atomic E-state index is 12.5. The van der Waals surface area contributed by atoms with Crippen LogP contribution >= 0.6 is 0 Å². The summed E-state index contributed by atoms with van der Waals surface area (Å²) in [5, 5.41) is 12.5. The van der Waals surface area contributed by atoms with Gasteiger partial charge in [0.05, 0.1) is 19.3 Å². The third kappa shape index (κ3) is 5.58. The molecule has 1 amide bonds. The van der Waals surface area contributed by atoms with Crippen LogP contribution < -0.4 is 10.1 Å². The number of furan rings is 1. The van der Waals surface area contributed by atoms with E-state index in [1.54, 1.807) is 24.3 Å². The fourth-order valence-corrected chi connectivity index (χ4v) is 2.75. The molecule has 1 aromatic heterocycles. The number of fused-ring (bicyclic) bond motifs is 1. The van der Waals surface area contributed by atoms with Gasteiger partial charge in [0.2, 0.25) is 0 Å². The maximum Gasteiger partial charge on any atom is 0.328 e. The van der Waals surface area contributed by atoms with E-state index in [0.29, 0.717) is 16.7 Å². The minimum atomic E-state index is -1.20. The van der Waals surface area contributed by atoms with Gasteiger partial charge in [-0.25, -0.2) is 4.79 Å². The van der Waals surface area contributed by atoms with Crippen LogP contribution in [0.1, 0.15) is 30.0 Å². The number of rotatable bonds is 9. The van der Waals surface area contributed by atoms with E-state index in [4.69, 9.17) is 13.9 Å². The molecule has 3 rings (SSSR count). The highest BCUT2D eigenvalue weighted by molar-refractivity contribution is 5.98. The number of carbonyl (C=O) groups excluding carboxylic acids is 1. The summed E-state index contributed by atoms with van der Waals surface area (Å²) in [4.78, 5) is 24.0. The van der Waals surface area contributed by atoms with Crippen molar-refractivity contribution in [2.45, 2.75) is 32.6 Å². The molecule has 0 saturated carbocycles. The number of amides is 1. The molecule has 2 N–H and O–H groups in total. The molecule has 0 radical (unpaired) electrons. The van der Waals surface area contributed by atoms with Crippen LogP contribution in [0, 0.1) is 0 Å². The van der Waals surface area contributed by atoms with Crippen LogP contribution in [0.4, 0.5) is 0 Å². The predicted octanol–water partition coefficient (Wildman–Crippen LogP) is 3.62. The first-order valence-corrected chi connectivity index (χ1v) is 9.28. The summed E-state index contributed by atoms with van der Waals surface area (Å²) in [5.41, 5.74) is 1.43. The van der Waals surface area contributed by atoms with Gasteiger partial charge in [0, 0.05) is 5.39 Å². The standard InChI is InChI=1S/C22H23NO6/c1-14(2)28-17-8-9-19-16(10-17)11-20(29-19)21(24)23-18(22(25)26)13-27-12-15-6-4-3-5-7-15/h3-11,14,18H,12-13H2,1-2H3,(H,23,24)(H,25,26)/t18-/m0/s1. The van der Waals surface area contributed by atoms with E-state index < -0.39 is 17.9 Å². The van der Waals surface area contributed by atoms with Crippen molar-refractivity contribution in [2.24, 2.45) is 0 Å². The summed E-state index contributed by atoms with van der Waals surface area (Å²) in [6, 6.07) is 15.0. The highest BCUT2D eigenvalue weighted by Gasteiger charge is 2.23. The number of ether oxygens (including phenoxy) is 2. The Hall–Kier alpha value is -3.32. The Kier molecular flexibility index (Phi) is 6.51. The van der Waals surface area contributed by atoms with E-state index in [9.17, 15) is 14.7 Å². The fraction of sp³-hybridized carbons (Fsp3) is 0.273. The summed E-state index contributed by atoms with van der Waals surface area (Å²) in [6.07, 6.45) is 0.0225. The zero-order chi connectivity index (χ0) is 20.8. The third-order valence-corrected chi connectivity index (χ3v) is 4.08. The molecular formula is C22H23NO6. The quantitative estimate of drug-likeness (QED) is 0.572. The molecular weight excluding hydrogens is 374 g/mol. The van der Waals surface area contributed by atoms with Crippen molar-refractivity contribution < 1.29 is 28.6 Å². The fourth-order valence-electron chi connectivity index (χ4n) is 2.75. The van der Waals surface area contributed by atoms with Crippen molar-refractivity contribution in [2.75, 3.05) is 6.61 Å². The predicted molar refractivity (Wildman–Crippen MR) is 107 cm³/mol. The van der Waals surface area contributed by atoms with Crippen molar-refractivity contribution in [1.29, 1.82) is 0 Å². The summed E-state index contributed by atoms with van der Waals surface area (Å²) in [6.45, 7) is 3.93. The first-order chi connectivity index (χ1) is 13.9. The van der Waals surface area contributed by atoms with Gasteiger partial charge in [0.15, 0.2) is 11.8 Å². The SMILES string of the molecule is CC(C)Oc1ccc2oc(C(=O)N[C@@H](COCc3ccccc3)C(=O)O)cc2c1. The van der Waals surface area contributed by atoms with Gasteiger partial charge >= 0.3 is 5.97 Å². The number of aliphatic carboxylic acids is 1. The minimum Gasteiger partial charge on any atom is -0.491 e. The maximum atomic E-state index is 12.5.